The Morgan fingerprint density at radius 2 is 2.14 bits per heavy atom. The number of fused-ring (bicyclic) bond motifs is 1. The monoisotopic (exact) mass is 395 g/mol. The third-order valence-corrected chi connectivity index (χ3v) is 5.26. The Labute approximate surface area is 168 Å². The van der Waals surface area contributed by atoms with Crippen LogP contribution in [0, 0.1) is 0 Å². The molecule has 1 aliphatic carbocycles. The molecule has 0 unspecified atom stereocenters. The minimum absolute atomic E-state index is 0.0507. The number of imidazole rings is 1. The van der Waals surface area contributed by atoms with Crippen LogP contribution in [0.25, 0.3) is 5.65 Å². The van der Waals surface area contributed by atoms with Gasteiger partial charge in [0.2, 0.25) is 5.95 Å². The number of nitrogens with one attached hydrogen (secondary N) is 2. The molecule has 4 rings (SSSR count). The first kappa shape index (κ1) is 19.0. The zero-order chi connectivity index (χ0) is 20.4. The predicted molar refractivity (Wildman–Crippen MR) is 112 cm³/mol. The van der Waals surface area contributed by atoms with Crippen LogP contribution in [0.4, 0.5) is 17.5 Å². The molecule has 0 radical (unpaired) electrons. The fourth-order valence-corrected chi connectivity index (χ4v) is 3.74. The predicted octanol–water partition coefficient (Wildman–Crippen LogP) is 2.26. The van der Waals surface area contributed by atoms with Crippen molar-refractivity contribution in [1.82, 2.24) is 14.4 Å². The lowest BCUT2D eigenvalue weighted by Crippen LogP contribution is -2.43. The molecule has 2 heterocycles. The van der Waals surface area contributed by atoms with Crippen LogP contribution in [0.3, 0.4) is 0 Å². The molecule has 152 valence electrons. The van der Waals surface area contributed by atoms with E-state index in [-0.39, 0.29) is 17.6 Å². The largest absolute Gasteiger partial charge is 0.497 e. The van der Waals surface area contributed by atoms with Gasteiger partial charge in [0.15, 0.2) is 11.5 Å². The smallest absolute Gasteiger partial charge is 0.256 e. The van der Waals surface area contributed by atoms with Gasteiger partial charge in [-0.1, -0.05) is 18.9 Å². The molecule has 1 saturated carbocycles. The lowest BCUT2D eigenvalue weighted by molar-refractivity contribution is 0.100. The summed E-state index contributed by atoms with van der Waals surface area (Å²) in [7, 11) is 1.60. The third kappa shape index (κ3) is 3.81. The van der Waals surface area contributed by atoms with Gasteiger partial charge in [-0.05, 0) is 25.0 Å². The Balaban J connectivity index is 1.77. The van der Waals surface area contributed by atoms with Crippen LogP contribution in [0.2, 0.25) is 0 Å². The average molecular weight is 395 g/mol. The number of nitrogens with two attached hydrogens (primary N) is 2. The molecular formula is C20H25N7O2. The molecule has 6 N–H and O–H groups in total. The van der Waals surface area contributed by atoms with Gasteiger partial charge >= 0.3 is 0 Å². The maximum atomic E-state index is 12.2. The number of rotatable bonds is 6. The van der Waals surface area contributed by atoms with Crippen LogP contribution in [0.1, 0.15) is 36.0 Å². The van der Waals surface area contributed by atoms with Crippen molar-refractivity contribution in [2.45, 2.75) is 37.8 Å². The van der Waals surface area contributed by atoms with Gasteiger partial charge in [-0.3, -0.25) is 9.20 Å². The molecule has 0 spiro atoms. The zero-order valence-electron chi connectivity index (χ0n) is 16.3. The SMILES string of the molecule is COc1cccc(Nc2nc(N[C@H]3CCCC[C@H]3N)n3ccnc3c2C(N)=O)c1. The molecular weight excluding hydrogens is 370 g/mol. The van der Waals surface area contributed by atoms with Crippen LogP contribution in [-0.4, -0.2) is 39.5 Å². The molecule has 0 saturated heterocycles. The third-order valence-electron chi connectivity index (χ3n) is 5.26. The summed E-state index contributed by atoms with van der Waals surface area (Å²) in [4.78, 5) is 21.2. The van der Waals surface area contributed by atoms with Gasteiger partial charge in [-0.25, -0.2) is 4.98 Å². The summed E-state index contributed by atoms with van der Waals surface area (Å²) in [6.45, 7) is 0. The van der Waals surface area contributed by atoms with Gasteiger partial charge in [0.05, 0.1) is 7.11 Å². The van der Waals surface area contributed by atoms with E-state index in [1.165, 1.54) is 0 Å². The van der Waals surface area contributed by atoms with Crippen molar-refractivity contribution in [3.8, 4) is 5.75 Å². The second-order valence-corrected chi connectivity index (χ2v) is 7.20. The second kappa shape index (κ2) is 7.96. The maximum absolute atomic E-state index is 12.2. The van der Waals surface area contributed by atoms with Gasteiger partial charge in [-0.2, -0.15) is 4.98 Å². The number of carbonyl (C=O) groups is 1. The molecule has 1 amide bonds. The Kier molecular flexibility index (Phi) is 5.22. The molecule has 0 aliphatic heterocycles. The van der Waals surface area contributed by atoms with E-state index in [9.17, 15) is 4.79 Å². The Morgan fingerprint density at radius 3 is 2.90 bits per heavy atom. The number of benzene rings is 1. The minimum Gasteiger partial charge on any atom is -0.497 e. The van der Waals surface area contributed by atoms with E-state index in [0.717, 1.165) is 31.4 Å². The number of amides is 1. The fraction of sp³-hybridized carbons (Fsp3) is 0.350. The van der Waals surface area contributed by atoms with Crippen molar-refractivity contribution >= 4 is 29.0 Å². The van der Waals surface area contributed by atoms with Crippen LogP contribution < -0.4 is 26.8 Å². The van der Waals surface area contributed by atoms with Gasteiger partial charge in [0.1, 0.15) is 11.3 Å². The summed E-state index contributed by atoms with van der Waals surface area (Å²) < 4.78 is 7.00. The summed E-state index contributed by atoms with van der Waals surface area (Å²) in [5, 5.41) is 6.63. The first-order valence-corrected chi connectivity index (χ1v) is 9.67. The second-order valence-electron chi connectivity index (χ2n) is 7.20. The summed E-state index contributed by atoms with van der Waals surface area (Å²) >= 11 is 0. The maximum Gasteiger partial charge on any atom is 0.256 e. The molecule has 1 aliphatic rings. The van der Waals surface area contributed by atoms with Gasteiger partial charge < -0.3 is 26.8 Å². The van der Waals surface area contributed by atoms with Crippen molar-refractivity contribution in [3.63, 3.8) is 0 Å². The quantitative estimate of drug-likeness (QED) is 0.503. The Hall–Kier alpha value is -3.33. The number of methoxy groups -OCH3 is 1. The van der Waals surface area contributed by atoms with Gasteiger partial charge in [-0.15, -0.1) is 0 Å². The normalized spacial score (nSPS) is 19.1. The van der Waals surface area contributed by atoms with Crippen molar-refractivity contribution < 1.29 is 9.53 Å². The number of carbonyl (C=O) groups excluding carboxylic acids is 1. The van der Waals surface area contributed by atoms with E-state index in [1.807, 2.05) is 24.3 Å². The Bertz CT molecular complexity index is 1030. The van der Waals surface area contributed by atoms with Crippen LogP contribution >= 0.6 is 0 Å². The molecule has 29 heavy (non-hydrogen) atoms. The van der Waals surface area contributed by atoms with Crippen LogP contribution in [0.15, 0.2) is 36.7 Å². The zero-order valence-corrected chi connectivity index (χ0v) is 16.3. The molecule has 3 aromatic rings. The number of primary amides is 1. The molecule has 2 atom stereocenters. The van der Waals surface area contributed by atoms with E-state index < -0.39 is 5.91 Å². The number of hydrogen-bond donors (Lipinski definition) is 4. The van der Waals surface area contributed by atoms with E-state index >= 15 is 0 Å². The first-order valence-electron chi connectivity index (χ1n) is 9.67. The topological polar surface area (TPSA) is 133 Å². The van der Waals surface area contributed by atoms with Gasteiger partial charge in [0.25, 0.3) is 5.91 Å². The lowest BCUT2D eigenvalue weighted by atomic mass is 9.91. The van der Waals surface area contributed by atoms with E-state index in [2.05, 4.69) is 20.6 Å². The standard InChI is InChI=1S/C20H25N7O2/c1-29-13-6-4-5-12(11-13)24-18-16(17(22)28)19-23-9-10-27(19)20(26-18)25-15-8-3-2-7-14(15)21/h4-6,9-11,14-15,24H,2-3,7-8,21H2,1H3,(H2,22,28)(H,25,26)/t14-,15+/m1/s1. The summed E-state index contributed by atoms with van der Waals surface area (Å²) in [5.74, 6) is 0.968. The fourth-order valence-electron chi connectivity index (χ4n) is 3.74. The van der Waals surface area contributed by atoms with Crippen molar-refractivity contribution in [1.29, 1.82) is 0 Å². The molecule has 1 aromatic carbocycles. The highest BCUT2D eigenvalue weighted by molar-refractivity contribution is 6.04. The highest BCUT2D eigenvalue weighted by Gasteiger charge is 2.25. The number of ether oxygens (including phenoxy) is 1. The number of nitrogens with zero attached hydrogens (tertiary/aromatic N) is 3. The van der Waals surface area contributed by atoms with Gasteiger partial charge in [0, 0.05) is 36.2 Å². The molecule has 2 aromatic heterocycles. The minimum atomic E-state index is -0.611. The summed E-state index contributed by atoms with van der Waals surface area (Å²) in [6, 6.07) is 7.50. The molecule has 0 bridgehead atoms. The van der Waals surface area contributed by atoms with Crippen molar-refractivity contribution in [3.05, 3.63) is 42.2 Å². The van der Waals surface area contributed by atoms with Crippen LogP contribution in [-0.2, 0) is 0 Å². The van der Waals surface area contributed by atoms with Crippen LogP contribution in [0.5, 0.6) is 5.75 Å². The van der Waals surface area contributed by atoms with Crippen molar-refractivity contribution in [2.75, 3.05) is 17.7 Å². The summed E-state index contributed by atoms with van der Waals surface area (Å²) in [6.07, 6.45) is 7.56. The molecule has 1 fully saturated rings. The molecule has 9 heteroatoms. The van der Waals surface area contributed by atoms with E-state index in [1.54, 1.807) is 23.9 Å². The lowest BCUT2D eigenvalue weighted by Gasteiger charge is -2.30. The van der Waals surface area contributed by atoms with E-state index in [0.29, 0.717) is 23.2 Å². The first-order chi connectivity index (χ1) is 14.1. The number of anilines is 3. The average Bonchev–Trinajstić information content (AvgIpc) is 3.19. The summed E-state index contributed by atoms with van der Waals surface area (Å²) in [5.41, 5.74) is 13.3. The number of hydrogen-bond acceptors (Lipinski definition) is 7. The van der Waals surface area contributed by atoms with E-state index in [4.69, 9.17) is 16.2 Å². The highest BCUT2D eigenvalue weighted by atomic mass is 16.5. The Morgan fingerprint density at radius 1 is 1.31 bits per heavy atom. The number of aromatic nitrogens is 3. The highest BCUT2D eigenvalue weighted by Crippen LogP contribution is 2.28. The van der Waals surface area contributed by atoms with Crippen molar-refractivity contribution in [2.24, 2.45) is 11.5 Å². The molecule has 9 nitrogen and oxygen atoms in total.